The molecule has 0 aliphatic carbocycles. The number of nitrogen functional groups attached to an aromatic ring is 1. The maximum atomic E-state index is 5.39. The summed E-state index contributed by atoms with van der Waals surface area (Å²) in [6.45, 7) is 1.81. The van der Waals surface area contributed by atoms with Crippen molar-refractivity contribution in [3.63, 3.8) is 0 Å². The summed E-state index contributed by atoms with van der Waals surface area (Å²) in [5, 5.41) is 4.34. The Hall–Kier alpha value is -2.73. The van der Waals surface area contributed by atoms with Gasteiger partial charge in [-0.15, -0.1) is 0 Å². The van der Waals surface area contributed by atoms with E-state index in [0.717, 1.165) is 11.1 Å². The topological polar surface area (TPSA) is 81.6 Å². The van der Waals surface area contributed by atoms with E-state index in [-0.39, 0.29) is 0 Å². The molecule has 0 saturated carbocycles. The highest BCUT2D eigenvalue weighted by atomic mass is 15.3. The van der Waals surface area contributed by atoms with Gasteiger partial charge in [-0.3, -0.25) is 0 Å². The van der Waals surface area contributed by atoms with Crippen LogP contribution in [-0.2, 0) is 0 Å². The summed E-state index contributed by atoms with van der Waals surface area (Å²) < 4.78 is 1.71. The van der Waals surface area contributed by atoms with Gasteiger partial charge >= 0.3 is 0 Å². The third kappa shape index (κ3) is 2.36. The fourth-order valence-electron chi connectivity index (χ4n) is 1.97. The van der Waals surface area contributed by atoms with E-state index in [1.807, 2.05) is 49.6 Å². The van der Waals surface area contributed by atoms with Crippen LogP contribution in [0.1, 0.15) is 5.82 Å². The molecule has 3 aromatic rings. The van der Waals surface area contributed by atoms with E-state index in [9.17, 15) is 0 Å². The second-order valence-corrected chi connectivity index (χ2v) is 4.34. The van der Waals surface area contributed by atoms with Crippen LogP contribution < -0.4 is 11.3 Å². The van der Waals surface area contributed by atoms with Crippen molar-refractivity contribution in [2.24, 2.45) is 5.84 Å². The van der Waals surface area contributed by atoms with Gasteiger partial charge in [-0.25, -0.2) is 20.5 Å². The van der Waals surface area contributed by atoms with Crippen molar-refractivity contribution in [3.05, 3.63) is 54.6 Å². The molecule has 0 bridgehead atoms. The first-order valence-corrected chi connectivity index (χ1v) is 6.19. The van der Waals surface area contributed by atoms with Crippen molar-refractivity contribution in [1.29, 1.82) is 0 Å². The van der Waals surface area contributed by atoms with E-state index in [4.69, 9.17) is 5.84 Å². The predicted octanol–water partition coefficient (Wildman–Crippen LogP) is 1.92. The molecule has 20 heavy (non-hydrogen) atoms. The molecule has 100 valence electrons. The Labute approximate surface area is 116 Å². The predicted molar refractivity (Wildman–Crippen MR) is 77.1 cm³/mol. The lowest BCUT2D eigenvalue weighted by atomic mass is 10.1. The van der Waals surface area contributed by atoms with Gasteiger partial charge in [0.05, 0.1) is 6.20 Å². The number of benzene rings is 1. The lowest BCUT2D eigenvalue weighted by molar-refractivity contribution is 0.829. The molecule has 0 spiro atoms. The average molecular weight is 266 g/mol. The Bertz CT molecular complexity index is 720. The number of anilines is 1. The molecular weight excluding hydrogens is 252 g/mol. The van der Waals surface area contributed by atoms with Crippen LogP contribution in [0.2, 0.25) is 0 Å². The molecule has 2 heterocycles. The molecular formula is C14H14N6. The molecule has 6 heteroatoms. The molecule has 0 atom stereocenters. The molecule has 0 fully saturated rings. The van der Waals surface area contributed by atoms with Crippen LogP contribution in [0.25, 0.3) is 16.9 Å². The zero-order chi connectivity index (χ0) is 13.9. The summed E-state index contributed by atoms with van der Waals surface area (Å²) in [7, 11) is 0. The first-order chi connectivity index (χ1) is 9.76. The lowest BCUT2D eigenvalue weighted by Gasteiger charge is -2.04. The number of nitrogens with zero attached hydrogens (tertiary/aromatic N) is 4. The molecule has 0 saturated heterocycles. The van der Waals surface area contributed by atoms with Gasteiger partial charge in [-0.1, -0.05) is 30.3 Å². The minimum Gasteiger partial charge on any atom is -0.308 e. The molecule has 3 rings (SSSR count). The SMILES string of the molecule is Cc1nc(NN)cc(-n2cc(-c3ccccc3)cn2)n1. The van der Waals surface area contributed by atoms with Gasteiger partial charge in [-0.05, 0) is 12.5 Å². The molecule has 1 aromatic carbocycles. The number of aromatic nitrogens is 4. The highest BCUT2D eigenvalue weighted by molar-refractivity contribution is 5.61. The van der Waals surface area contributed by atoms with Crippen LogP contribution >= 0.6 is 0 Å². The minimum atomic E-state index is 0.560. The molecule has 0 amide bonds. The molecule has 6 nitrogen and oxygen atoms in total. The van der Waals surface area contributed by atoms with E-state index in [0.29, 0.717) is 17.5 Å². The van der Waals surface area contributed by atoms with E-state index in [2.05, 4.69) is 20.5 Å². The third-order valence-electron chi connectivity index (χ3n) is 2.90. The normalized spacial score (nSPS) is 10.5. The summed E-state index contributed by atoms with van der Waals surface area (Å²) >= 11 is 0. The first-order valence-electron chi connectivity index (χ1n) is 6.19. The highest BCUT2D eigenvalue weighted by Crippen LogP contribution is 2.19. The number of hydrazine groups is 1. The molecule has 3 N–H and O–H groups in total. The number of nitrogens with one attached hydrogen (secondary N) is 1. The fraction of sp³-hybridized carbons (Fsp3) is 0.0714. The maximum absolute atomic E-state index is 5.39. The Morgan fingerprint density at radius 3 is 2.65 bits per heavy atom. The van der Waals surface area contributed by atoms with Gasteiger partial charge in [-0.2, -0.15) is 5.10 Å². The summed E-state index contributed by atoms with van der Waals surface area (Å²) in [6.07, 6.45) is 3.74. The highest BCUT2D eigenvalue weighted by Gasteiger charge is 2.06. The van der Waals surface area contributed by atoms with Crippen LogP contribution in [0.4, 0.5) is 5.82 Å². The quantitative estimate of drug-likeness (QED) is 0.559. The molecule has 0 radical (unpaired) electrons. The Kier molecular flexibility index (Phi) is 3.14. The van der Waals surface area contributed by atoms with E-state index in [1.54, 1.807) is 10.7 Å². The summed E-state index contributed by atoms with van der Waals surface area (Å²) in [5.41, 5.74) is 4.67. The van der Waals surface area contributed by atoms with Gasteiger partial charge in [0.15, 0.2) is 5.82 Å². The number of nitrogens with two attached hydrogens (primary N) is 1. The monoisotopic (exact) mass is 266 g/mol. The van der Waals surface area contributed by atoms with Crippen LogP contribution in [0.3, 0.4) is 0 Å². The Morgan fingerprint density at radius 1 is 1.10 bits per heavy atom. The van der Waals surface area contributed by atoms with Gasteiger partial charge < -0.3 is 5.43 Å². The smallest absolute Gasteiger partial charge is 0.159 e. The van der Waals surface area contributed by atoms with Crippen molar-refractivity contribution >= 4 is 5.82 Å². The van der Waals surface area contributed by atoms with Crippen LogP contribution in [0.15, 0.2) is 48.8 Å². The zero-order valence-corrected chi connectivity index (χ0v) is 11.0. The van der Waals surface area contributed by atoms with Crippen LogP contribution in [0.5, 0.6) is 0 Å². The molecule has 0 aliphatic heterocycles. The average Bonchev–Trinajstić information content (AvgIpc) is 2.97. The Morgan fingerprint density at radius 2 is 1.90 bits per heavy atom. The van der Waals surface area contributed by atoms with Gasteiger partial charge in [0.25, 0.3) is 0 Å². The van der Waals surface area contributed by atoms with Crippen molar-refractivity contribution in [2.75, 3.05) is 5.43 Å². The van der Waals surface area contributed by atoms with E-state index in [1.165, 1.54) is 0 Å². The number of hydrogen-bond donors (Lipinski definition) is 2. The molecule has 0 aliphatic rings. The number of rotatable bonds is 3. The second kappa shape index (κ2) is 5.10. The second-order valence-electron chi connectivity index (χ2n) is 4.34. The summed E-state index contributed by atoms with van der Waals surface area (Å²) in [4.78, 5) is 8.51. The lowest BCUT2D eigenvalue weighted by Crippen LogP contribution is -2.11. The number of aryl methyl sites for hydroxylation is 1. The van der Waals surface area contributed by atoms with E-state index < -0.39 is 0 Å². The van der Waals surface area contributed by atoms with Gasteiger partial charge in [0.2, 0.25) is 0 Å². The molecule has 0 unspecified atom stereocenters. The van der Waals surface area contributed by atoms with Gasteiger partial charge in [0, 0.05) is 17.8 Å². The fourth-order valence-corrected chi connectivity index (χ4v) is 1.97. The Balaban J connectivity index is 2.00. The van der Waals surface area contributed by atoms with Crippen molar-refractivity contribution in [3.8, 4) is 16.9 Å². The van der Waals surface area contributed by atoms with Gasteiger partial charge in [0.1, 0.15) is 11.6 Å². The van der Waals surface area contributed by atoms with Crippen LogP contribution in [0, 0.1) is 6.92 Å². The standard InChI is InChI=1S/C14H14N6/c1-10-17-13(19-15)7-14(18-10)20-9-12(8-16-20)11-5-3-2-4-6-11/h2-9H,15H2,1H3,(H,17,18,19). The zero-order valence-electron chi connectivity index (χ0n) is 11.0. The first kappa shape index (κ1) is 12.3. The van der Waals surface area contributed by atoms with Crippen molar-refractivity contribution < 1.29 is 0 Å². The summed E-state index contributed by atoms with van der Waals surface area (Å²) in [5.74, 6) is 7.26. The van der Waals surface area contributed by atoms with Crippen LogP contribution in [-0.4, -0.2) is 19.7 Å². The molecule has 2 aromatic heterocycles. The largest absolute Gasteiger partial charge is 0.308 e. The number of hydrogen-bond acceptors (Lipinski definition) is 5. The van der Waals surface area contributed by atoms with Crippen molar-refractivity contribution in [2.45, 2.75) is 6.92 Å². The minimum absolute atomic E-state index is 0.560. The van der Waals surface area contributed by atoms with Crippen molar-refractivity contribution in [1.82, 2.24) is 19.7 Å². The maximum Gasteiger partial charge on any atom is 0.159 e. The van der Waals surface area contributed by atoms with E-state index >= 15 is 0 Å². The summed E-state index contributed by atoms with van der Waals surface area (Å²) in [6, 6.07) is 11.8. The third-order valence-corrected chi connectivity index (χ3v) is 2.90.